The van der Waals surface area contributed by atoms with Crippen molar-refractivity contribution < 1.29 is 9.84 Å². The maximum atomic E-state index is 9.19. The first-order chi connectivity index (χ1) is 8.26. The second kappa shape index (κ2) is 7.55. The van der Waals surface area contributed by atoms with E-state index >= 15 is 0 Å². The van der Waals surface area contributed by atoms with Crippen molar-refractivity contribution >= 4 is 0 Å². The molecule has 0 bridgehead atoms. The summed E-state index contributed by atoms with van der Waals surface area (Å²) in [5.41, 5.74) is 0. The second-order valence-electron chi connectivity index (χ2n) is 3.97. The lowest BCUT2D eigenvalue weighted by atomic mass is 10.1. The van der Waals surface area contributed by atoms with Crippen LogP contribution in [-0.2, 0) is 0 Å². The molecular formula is C15H20O2. The Morgan fingerprint density at radius 3 is 2.06 bits per heavy atom. The van der Waals surface area contributed by atoms with E-state index < -0.39 is 0 Å². The van der Waals surface area contributed by atoms with Gasteiger partial charge in [0.2, 0.25) is 0 Å². The molecule has 17 heavy (non-hydrogen) atoms. The van der Waals surface area contributed by atoms with Crippen molar-refractivity contribution in [1.82, 2.24) is 0 Å². The first-order valence-corrected chi connectivity index (χ1v) is 5.93. The number of benzene rings is 1. The molecule has 1 aromatic carbocycles. The maximum absolute atomic E-state index is 9.19. The van der Waals surface area contributed by atoms with Crippen LogP contribution in [-0.4, -0.2) is 11.2 Å². The number of allylic oxidation sites excluding steroid dienone is 2. The van der Waals surface area contributed by atoms with Crippen molar-refractivity contribution in [2.45, 2.75) is 31.8 Å². The van der Waals surface area contributed by atoms with Crippen molar-refractivity contribution in [2.24, 2.45) is 0 Å². The predicted octanol–water partition coefficient (Wildman–Crippen LogP) is 4.07. The Hall–Kier alpha value is -1.70. The minimum Gasteiger partial charge on any atom is -0.508 e. The third kappa shape index (κ3) is 5.25. The average Bonchev–Trinajstić information content (AvgIpc) is 2.35. The summed E-state index contributed by atoms with van der Waals surface area (Å²) >= 11 is 0. The Kier molecular flexibility index (Phi) is 5.94. The Morgan fingerprint density at radius 1 is 1.06 bits per heavy atom. The number of ether oxygens (including phenoxy) is 1. The van der Waals surface area contributed by atoms with E-state index in [1.165, 1.54) is 0 Å². The number of phenolic OH excluding ortho intramolecular Hbond substituents is 1. The summed E-state index contributed by atoms with van der Waals surface area (Å²) in [7, 11) is 0. The molecule has 1 aromatic rings. The fourth-order valence-electron chi connectivity index (χ4n) is 1.59. The molecule has 2 nitrogen and oxygen atoms in total. The van der Waals surface area contributed by atoms with Gasteiger partial charge < -0.3 is 9.84 Å². The number of phenols is 1. The van der Waals surface area contributed by atoms with E-state index in [0.717, 1.165) is 31.4 Å². The number of rotatable bonds is 8. The van der Waals surface area contributed by atoms with Gasteiger partial charge in [-0.05, 0) is 49.9 Å². The Morgan fingerprint density at radius 2 is 1.59 bits per heavy atom. The highest BCUT2D eigenvalue weighted by atomic mass is 16.5. The summed E-state index contributed by atoms with van der Waals surface area (Å²) in [5.74, 6) is 1.05. The fraction of sp³-hybridized carbons (Fsp3) is 0.333. The van der Waals surface area contributed by atoms with Crippen LogP contribution in [0.15, 0.2) is 49.6 Å². The zero-order chi connectivity index (χ0) is 12.5. The minimum absolute atomic E-state index is 0.176. The highest BCUT2D eigenvalue weighted by Crippen LogP contribution is 2.20. The third-order valence-electron chi connectivity index (χ3n) is 2.53. The lowest BCUT2D eigenvalue weighted by Gasteiger charge is -2.18. The molecule has 0 aliphatic heterocycles. The smallest absolute Gasteiger partial charge is 0.119 e. The van der Waals surface area contributed by atoms with Crippen LogP contribution in [0.25, 0.3) is 0 Å². The van der Waals surface area contributed by atoms with Gasteiger partial charge in [0.05, 0.1) is 6.10 Å². The zero-order valence-electron chi connectivity index (χ0n) is 10.1. The van der Waals surface area contributed by atoms with E-state index in [0.29, 0.717) is 0 Å². The molecular weight excluding hydrogens is 212 g/mol. The minimum atomic E-state index is 0.176. The van der Waals surface area contributed by atoms with Gasteiger partial charge in [0.25, 0.3) is 0 Å². The van der Waals surface area contributed by atoms with E-state index in [9.17, 15) is 5.11 Å². The predicted molar refractivity (Wildman–Crippen MR) is 71.4 cm³/mol. The fourth-order valence-corrected chi connectivity index (χ4v) is 1.59. The monoisotopic (exact) mass is 232 g/mol. The largest absolute Gasteiger partial charge is 0.508 e. The van der Waals surface area contributed by atoms with E-state index in [-0.39, 0.29) is 11.9 Å². The molecule has 0 unspecified atom stereocenters. The summed E-state index contributed by atoms with van der Waals surface area (Å²) < 4.78 is 5.87. The summed E-state index contributed by atoms with van der Waals surface area (Å²) in [4.78, 5) is 0. The Balaban J connectivity index is 2.53. The molecule has 92 valence electrons. The van der Waals surface area contributed by atoms with Gasteiger partial charge >= 0.3 is 0 Å². The summed E-state index contributed by atoms with van der Waals surface area (Å²) in [5, 5.41) is 9.19. The third-order valence-corrected chi connectivity index (χ3v) is 2.53. The van der Waals surface area contributed by atoms with Crippen molar-refractivity contribution in [3.63, 3.8) is 0 Å². The molecule has 0 amide bonds. The van der Waals surface area contributed by atoms with E-state index in [2.05, 4.69) is 13.2 Å². The molecule has 0 fully saturated rings. The maximum Gasteiger partial charge on any atom is 0.119 e. The van der Waals surface area contributed by atoms with Gasteiger partial charge in [0, 0.05) is 0 Å². The number of aromatic hydroxyl groups is 1. The quantitative estimate of drug-likeness (QED) is 0.684. The lowest BCUT2D eigenvalue weighted by Crippen LogP contribution is -2.15. The average molecular weight is 232 g/mol. The van der Waals surface area contributed by atoms with Gasteiger partial charge in [-0.1, -0.05) is 12.2 Å². The van der Waals surface area contributed by atoms with Crippen LogP contribution < -0.4 is 4.74 Å². The van der Waals surface area contributed by atoms with Gasteiger partial charge in [-0.15, -0.1) is 13.2 Å². The molecule has 1 N–H and O–H groups in total. The summed E-state index contributed by atoms with van der Waals surface area (Å²) in [6.45, 7) is 7.45. The highest BCUT2D eigenvalue weighted by molar-refractivity contribution is 5.30. The molecule has 0 atom stereocenters. The van der Waals surface area contributed by atoms with Crippen LogP contribution in [0, 0.1) is 0 Å². The molecule has 0 aliphatic carbocycles. The van der Waals surface area contributed by atoms with Crippen molar-refractivity contribution in [3.8, 4) is 11.5 Å². The van der Waals surface area contributed by atoms with Crippen LogP contribution in [0.1, 0.15) is 25.7 Å². The Labute approximate surface area is 103 Å². The van der Waals surface area contributed by atoms with E-state index in [4.69, 9.17) is 4.74 Å². The normalized spacial score (nSPS) is 10.2. The molecule has 0 radical (unpaired) electrons. The van der Waals surface area contributed by atoms with Crippen molar-refractivity contribution in [2.75, 3.05) is 0 Å². The van der Waals surface area contributed by atoms with E-state index in [1.807, 2.05) is 12.2 Å². The summed E-state index contributed by atoms with van der Waals surface area (Å²) in [6.07, 6.45) is 7.79. The van der Waals surface area contributed by atoms with Gasteiger partial charge in [0.15, 0.2) is 0 Å². The topological polar surface area (TPSA) is 29.5 Å². The van der Waals surface area contributed by atoms with Crippen molar-refractivity contribution in [3.05, 3.63) is 49.6 Å². The van der Waals surface area contributed by atoms with Gasteiger partial charge in [-0.25, -0.2) is 0 Å². The highest BCUT2D eigenvalue weighted by Gasteiger charge is 2.08. The van der Waals surface area contributed by atoms with Gasteiger partial charge in [-0.2, -0.15) is 0 Å². The van der Waals surface area contributed by atoms with Gasteiger partial charge in [0.1, 0.15) is 11.5 Å². The molecule has 0 saturated heterocycles. The SMILES string of the molecule is C=CCCC(CCC=C)Oc1ccc(O)cc1. The number of hydrogen-bond acceptors (Lipinski definition) is 2. The molecule has 1 rings (SSSR count). The first kappa shape index (κ1) is 13.4. The lowest BCUT2D eigenvalue weighted by molar-refractivity contribution is 0.183. The van der Waals surface area contributed by atoms with Gasteiger partial charge in [-0.3, -0.25) is 0 Å². The zero-order valence-corrected chi connectivity index (χ0v) is 10.1. The number of hydrogen-bond donors (Lipinski definition) is 1. The second-order valence-corrected chi connectivity index (χ2v) is 3.97. The molecule has 0 saturated carbocycles. The van der Waals surface area contributed by atoms with Crippen LogP contribution in [0.4, 0.5) is 0 Å². The van der Waals surface area contributed by atoms with Crippen molar-refractivity contribution in [1.29, 1.82) is 0 Å². The van der Waals surface area contributed by atoms with Crippen LogP contribution >= 0.6 is 0 Å². The van der Waals surface area contributed by atoms with Crippen LogP contribution in [0.3, 0.4) is 0 Å². The van der Waals surface area contributed by atoms with Crippen LogP contribution in [0.2, 0.25) is 0 Å². The molecule has 0 heterocycles. The molecule has 0 aliphatic rings. The first-order valence-electron chi connectivity index (χ1n) is 5.93. The molecule has 2 heteroatoms. The standard InChI is InChI=1S/C15H20O2/c1-3-5-7-14(8-6-4-2)17-15-11-9-13(16)10-12-15/h3-4,9-12,14,16H,1-2,5-8H2. The van der Waals surface area contributed by atoms with E-state index in [1.54, 1.807) is 24.3 Å². The molecule has 0 aromatic heterocycles. The Bertz CT molecular complexity index is 328. The molecule has 0 spiro atoms. The summed E-state index contributed by atoms with van der Waals surface area (Å²) in [6, 6.07) is 6.83. The van der Waals surface area contributed by atoms with Crippen LogP contribution in [0.5, 0.6) is 11.5 Å².